The van der Waals surface area contributed by atoms with Crippen molar-refractivity contribution in [2.45, 2.75) is 98.2 Å². The lowest BCUT2D eigenvalue weighted by molar-refractivity contribution is -0.153. The number of hydrogen-bond donors (Lipinski definition) is 0. The van der Waals surface area contributed by atoms with E-state index in [4.69, 9.17) is 9.47 Å². The second-order valence-corrected chi connectivity index (χ2v) is 12.4. The standard InChI is InChI=1S/C30H40O4/c1-18-7-11-25(33-27(18)32)19(2)22-14-16-30(6)24-10-9-23-20(8-12-26(31)34-28(23,3)4)17-21(24)13-15-29(22,30)5/h7-8,12,17,19,22-23,25H,9-11,13-16H2,1-6H3/t19-,22?,23?,25?,29+,30-/m0/s1. The van der Waals surface area contributed by atoms with E-state index < -0.39 is 5.60 Å². The summed E-state index contributed by atoms with van der Waals surface area (Å²) in [5, 5.41) is 0. The Morgan fingerprint density at radius 1 is 1.03 bits per heavy atom. The van der Waals surface area contributed by atoms with Gasteiger partial charge >= 0.3 is 11.9 Å². The molecule has 34 heavy (non-hydrogen) atoms. The third kappa shape index (κ3) is 3.46. The van der Waals surface area contributed by atoms with Gasteiger partial charge in [0.05, 0.1) is 0 Å². The summed E-state index contributed by atoms with van der Waals surface area (Å²) in [6.07, 6.45) is 15.6. The van der Waals surface area contributed by atoms with Crippen molar-refractivity contribution in [1.82, 2.24) is 0 Å². The van der Waals surface area contributed by atoms with E-state index in [1.807, 2.05) is 13.0 Å². The van der Waals surface area contributed by atoms with Crippen LogP contribution in [0.25, 0.3) is 0 Å². The normalized spacial score (nSPS) is 40.0. The highest BCUT2D eigenvalue weighted by Gasteiger charge is 2.60. The maximum Gasteiger partial charge on any atom is 0.333 e. The van der Waals surface area contributed by atoms with Gasteiger partial charge < -0.3 is 9.47 Å². The maximum absolute atomic E-state index is 12.3. The number of allylic oxidation sites excluding steroid dienone is 4. The summed E-state index contributed by atoms with van der Waals surface area (Å²) in [6, 6.07) is 0. The monoisotopic (exact) mass is 464 g/mol. The lowest BCUT2D eigenvalue weighted by Gasteiger charge is -2.52. The van der Waals surface area contributed by atoms with Gasteiger partial charge in [-0.05, 0) is 93.1 Å². The molecule has 184 valence electrons. The van der Waals surface area contributed by atoms with Gasteiger partial charge in [0.2, 0.25) is 0 Å². The molecule has 5 rings (SSSR count). The Morgan fingerprint density at radius 2 is 1.79 bits per heavy atom. The first kappa shape index (κ1) is 23.6. The molecular weight excluding hydrogens is 424 g/mol. The molecule has 2 heterocycles. The molecule has 0 radical (unpaired) electrons. The van der Waals surface area contributed by atoms with Crippen LogP contribution in [-0.2, 0) is 19.1 Å². The summed E-state index contributed by atoms with van der Waals surface area (Å²) in [4.78, 5) is 24.4. The van der Waals surface area contributed by atoms with Crippen molar-refractivity contribution in [3.63, 3.8) is 0 Å². The predicted octanol–water partition coefficient (Wildman–Crippen LogP) is 6.63. The fourth-order valence-corrected chi connectivity index (χ4v) is 8.19. The first-order valence-corrected chi connectivity index (χ1v) is 13.2. The van der Waals surface area contributed by atoms with E-state index in [-0.39, 0.29) is 34.8 Å². The molecule has 1 fully saturated rings. The Balaban J connectivity index is 1.47. The molecule has 0 amide bonds. The van der Waals surface area contributed by atoms with Crippen molar-refractivity contribution >= 4 is 11.9 Å². The lowest BCUT2D eigenvalue weighted by atomic mass is 9.52. The Bertz CT molecular complexity index is 1040. The maximum atomic E-state index is 12.3. The first-order valence-electron chi connectivity index (χ1n) is 13.2. The van der Waals surface area contributed by atoms with Crippen LogP contribution in [0.3, 0.4) is 0 Å². The van der Waals surface area contributed by atoms with Crippen LogP contribution < -0.4 is 0 Å². The van der Waals surface area contributed by atoms with Gasteiger partial charge in [0.25, 0.3) is 0 Å². The van der Waals surface area contributed by atoms with Crippen LogP contribution in [0.4, 0.5) is 0 Å². The zero-order valence-electron chi connectivity index (χ0n) is 21.7. The quantitative estimate of drug-likeness (QED) is 0.431. The molecule has 6 atom stereocenters. The number of carbonyl (C=O) groups excluding carboxylic acids is 2. The van der Waals surface area contributed by atoms with Crippen LogP contribution in [0.1, 0.15) is 86.5 Å². The van der Waals surface area contributed by atoms with Gasteiger partial charge in [-0.25, -0.2) is 9.59 Å². The molecule has 0 saturated heterocycles. The molecule has 0 N–H and O–H groups in total. The first-order chi connectivity index (χ1) is 16.0. The summed E-state index contributed by atoms with van der Waals surface area (Å²) >= 11 is 0. The molecule has 0 aromatic heterocycles. The van der Waals surface area contributed by atoms with E-state index >= 15 is 0 Å². The van der Waals surface area contributed by atoms with Crippen molar-refractivity contribution < 1.29 is 19.1 Å². The van der Waals surface area contributed by atoms with Gasteiger partial charge in [-0.2, -0.15) is 0 Å². The van der Waals surface area contributed by atoms with E-state index in [0.29, 0.717) is 11.8 Å². The fraction of sp³-hybridized carbons (Fsp3) is 0.667. The van der Waals surface area contributed by atoms with Crippen molar-refractivity contribution in [2.24, 2.45) is 28.6 Å². The second-order valence-electron chi connectivity index (χ2n) is 12.4. The molecule has 0 aromatic rings. The number of hydrogen-bond acceptors (Lipinski definition) is 4. The average Bonchev–Trinajstić information content (AvgIpc) is 2.88. The Morgan fingerprint density at radius 3 is 2.53 bits per heavy atom. The molecule has 0 bridgehead atoms. The van der Waals surface area contributed by atoms with E-state index in [1.54, 1.807) is 11.6 Å². The van der Waals surface area contributed by atoms with E-state index in [0.717, 1.165) is 37.7 Å². The SMILES string of the molecule is CC1=CCC([C@@H](C)C2CC[C@@]3(C)C4=C(C=C5C=CC(=O)OC(C)(C)C5CC4)CC[C@]23C)OC1=O. The zero-order valence-corrected chi connectivity index (χ0v) is 21.7. The summed E-state index contributed by atoms with van der Waals surface area (Å²) < 4.78 is 11.7. The number of carbonyl (C=O) groups is 2. The average molecular weight is 465 g/mol. The number of ether oxygens (including phenoxy) is 2. The largest absolute Gasteiger partial charge is 0.458 e. The fourth-order valence-electron chi connectivity index (χ4n) is 8.19. The molecule has 2 aliphatic heterocycles. The number of esters is 2. The Labute approximate surface area is 204 Å². The van der Waals surface area contributed by atoms with Crippen LogP contribution >= 0.6 is 0 Å². The number of rotatable bonds is 2. The van der Waals surface area contributed by atoms with Crippen molar-refractivity contribution in [2.75, 3.05) is 0 Å². The minimum absolute atomic E-state index is 0.0146. The van der Waals surface area contributed by atoms with Crippen molar-refractivity contribution in [1.29, 1.82) is 0 Å². The summed E-state index contributed by atoms with van der Waals surface area (Å²) in [5.41, 5.74) is 4.93. The third-order valence-electron chi connectivity index (χ3n) is 10.5. The second kappa shape index (κ2) is 7.96. The van der Waals surface area contributed by atoms with Gasteiger partial charge in [-0.15, -0.1) is 0 Å². The molecule has 5 aliphatic rings. The van der Waals surface area contributed by atoms with Crippen molar-refractivity contribution in [3.8, 4) is 0 Å². The smallest absolute Gasteiger partial charge is 0.333 e. The lowest BCUT2D eigenvalue weighted by Crippen LogP contribution is -2.46. The third-order valence-corrected chi connectivity index (χ3v) is 10.5. The topological polar surface area (TPSA) is 52.6 Å². The predicted molar refractivity (Wildman–Crippen MR) is 133 cm³/mol. The Kier molecular flexibility index (Phi) is 5.53. The minimum atomic E-state index is -0.505. The number of cyclic esters (lactones) is 2. The van der Waals surface area contributed by atoms with E-state index in [1.165, 1.54) is 24.0 Å². The molecule has 4 heteroatoms. The van der Waals surface area contributed by atoms with Crippen LogP contribution in [-0.4, -0.2) is 23.6 Å². The molecular formula is C30H40O4. The van der Waals surface area contributed by atoms with Gasteiger partial charge in [-0.3, -0.25) is 0 Å². The van der Waals surface area contributed by atoms with Gasteiger partial charge in [0.15, 0.2) is 0 Å². The Hall–Kier alpha value is -2.10. The molecule has 4 nitrogen and oxygen atoms in total. The van der Waals surface area contributed by atoms with Crippen LogP contribution in [0, 0.1) is 28.6 Å². The highest BCUT2D eigenvalue weighted by molar-refractivity contribution is 5.88. The molecule has 0 spiro atoms. The summed E-state index contributed by atoms with van der Waals surface area (Å²) in [7, 11) is 0. The van der Waals surface area contributed by atoms with Crippen LogP contribution in [0.5, 0.6) is 0 Å². The van der Waals surface area contributed by atoms with Crippen molar-refractivity contribution in [3.05, 3.63) is 46.6 Å². The van der Waals surface area contributed by atoms with E-state index in [2.05, 4.69) is 46.8 Å². The van der Waals surface area contributed by atoms with Crippen LogP contribution in [0.2, 0.25) is 0 Å². The molecule has 0 aromatic carbocycles. The molecule has 3 aliphatic carbocycles. The summed E-state index contributed by atoms with van der Waals surface area (Å²) in [5.74, 6) is 0.711. The van der Waals surface area contributed by atoms with Crippen LogP contribution in [0.15, 0.2) is 46.6 Å². The van der Waals surface area contributed by atoms with E-state index in [9.17, 15) is 9.59 Å². The zero-order chi connectivity index (χ0) is 24.5. The van der Waals surface area contributed by atoms with Gasteiger partial charge in [-0.1, -0.05) is 44.6 Å². The van der Waals surface area contributed by atoms with Gasteiger partial charge in [0, 0.05) is 24.0 Å². The molecule has 1 saturated carbocycles. The number of fused-ring (bicyclic) bond motifs is 3. The minimum Gasteiger partial charge on any atom is -0.458 e. The highest BCUT2D eigenvalue weighted by atomic mass is 16.6. The highest BCUT2D eigenvalue weighted by Crippen LogP contribution is 2.68. The van der Waals surface area contributed by atoms with Gasteiger partial charge in [0.1, 0.15) is 11.7 Å². The summed E-state index contributed by atoms with van der Waals surface area (Å²) in [6.45, 7) is 13.3. The molecule has 3 unspecified atom stereocenters.